The van der Waals surface area contributed by atoms with Crippen LogP contribution in [0.4, 0.5) is 17.1 Å². The number of benzene rings is 3. The Morgan fingerprint density at radius 1 is 0.700 bits per heavy atom. The van der Waals surface area contributed by atoms with Gasteiger partial charge in [0.05, 0.1) is 102 Å². The molecule has 4 aromatic rings. The van der Waals surface area contributed by atoms with Crippen molar-refractivity contribution in [3.63, 3.8) is 0 Å². The van der Waals surface area contributed by atoms with E-state index in [9.17, 15) is 9.59 Å². The van der Waals surface area contributed by atoms with Crippen LogP contribution in [0.5, 0.6) is 0 Å². The Morgan fingerprint density at radius 2 is 1.24 bits per heavy atom. The van der Waals surface area contributed by atoms with Crippen LogP contribution in [0.2, 0.25) is 0 Å². The number of carbonyl (C=O) groups excluding carboxylic acids is 1. The molecule has 0 radical (unpaired) electrons. The van der Waals surface area contributed by atoms with E-state index in [4.69, 9.17) is 38.6 Å². The summed E-state index contributed by atoms with van der Waals surface area (Å²) in [6.45, 7) is 9.39. The first-order valence-electron chi connectivity index (χ1n) is 17.0. The zero-order chi connectivity index (χ0) is 35.8. The molecule has 0 atom stereocenters. The number of anilines is 3. The number of amides is 1. The van der Waals surface area contributed by atoms with Crippen LogP contribution >= 0.6 is 0 Å². The summed E-state index contributed by atoms with van der Waals surface area (Å²) in [7, 11) is 1.83. The molecule has 0 fully saturated rings. The second-order valence-corrected chi connectivity index (χ2v) is 10.6. The highest BCUT2D eigenvalue weighted by Gasteiger charge is 2.14. The predicted octanol–water partition coefficient (Wildman–Crippen LogP) is 5.74. The second-order valence-electron chi connectivity index (χ2n) is 10.6. The van der Waals surface area contributed by atoms with Crippen LogP contribution < -0.4 is 21.8 Å². The predicted molar refractivity (Wildman–Crippen MR) is 197 cm³/mol. The molecule has 0 aliphatic rings. The van der Waals surface area contributed by atoms with E-state index >= 15 is 0 Å². The van der Waals surface area contributed by atoms with Crippen molar-refractivity contribution in [3.05, 3.63) is 88.6 Å². The van der Waals surface area contributed by atoms with Gasteiger partial charge in [-0.1, -0.05) is 44.2 Å². The van der Waals surface area contributed by atoms with Crippen LogP contribution in [0.1, 0.15) is 25.8 Å². The first-order chi connectivity index (χ1) is 24.5. The molecule has 0 aliphatic carbocycles. The largest absolute Gasteiger partial charge is 0.454 e. The van der Waals surface area contributed by atoms with Crippen molar-refractivity contribution in [3.8, 4) is 11.3 Å². The normalized spacial score (nSPS) is 10.9. The monoisotopic (exact) mass is 693 g/mol. The van der Waals surface area contributed by atoms with Crippen LogP contribution in [-0.4, -0.2) is 85.6 Å². The minimum atomic E-state index is -0.279. The molecule has 0 aliphatic heterocycles. The number of rotatable bonds is 23. The Bertz CT molecular complexity index is 1580. The highest BCUT2D eigenvalue weighted by Crippen LogP contribution is 2.31. The molecular formula is C38H51N3O9. The molecule has 12 nitrogen and oxygen atoms in total. The summed E-state index contributed by atoms with van der Waals surface area (Å²) in [6.07, 6.45) is 0.121. The second kappa shape index (κ2) is 24.0. The molecule has 4 rings (SSSR count). The molecule has 0 saturated carbocycles. The topological polar surface area (TPSA) is 153 Å². The van der Waals surface area contributed by atoms with Crippen molar-refractivity contribution in [1.82, 2.24) is 0 Å². The average molecular weight is 694 g/mol. The van der Waals surface area contributed by atoms with Gasteiger partial charge in [0, 0.05) is 24.4 Å². The molecule has 0 spiro atoms. The molecule has 272 valence electrons. The molecule has 3 aromatic carbocycles. The van der Waals surface area contributed by atoms with Gasteiger partial charge < -0.3 is 49.2 Å². The molecule has 1 amide bonds. The van der Waals surface area contributed by atoms with Crippen molar-refractivity contribution in [1.29, 1.82) is 0 Å². The Balaban J connectivity index is 0.00000332. The molecule has 12 heteroatoms. The maximum atomic E-state index is 12.7. The van der Waals surface area contributed by atoms with Crippen molar-refractivity contribution >= 4 is 33.9 Å². The molecule has 0 unspecified atom stereocenters. The highest BCUT2D eigenvalue weighted by atomic mass is 16.6. The lowest BCUT2D eigenvalue weighted by Crippen LogP contribution is -2.17. The van der Waals surface area contributed by atoms with Crippen molar-refractivity contribution in [2.45, 2.75) is 26.9 Å². The van der Waals surface area contributed by atoms with Gasteiger partial charge in [-0.05, 0) is 42.0 Å². The number of nitrogen functional groups attached to an aromatic ring is 1. The van der Waals surface area contributed by atoms with E-state index in [0.717, 1.165) is 16.8 Å². The van der Waals surface area contributed by atoms with Crippen LogP contribution in [0.3, 0.4) is 0 Å². The fraction of sp³-hybridized carbons (Fsp3) is 0.421. The smallest absolute Gasteiger partial charge is 0.226 e. The third-order valence-corrected chi connectivity index (χ3v) is 7.11. The zero-order valence-electron chi connectivity index (χ0n) is 29.4. The third-order valence-electron chi connectivity index (χ3n) is 7.11. The van der Waals surface area contributed by atoms with Crippen LogP contribution in [0.15, 0.2) is 82.0 Å². The maximum Gasteiger partial charge on any atom is 0.226 e. The van der Waals surface area contributed by atoms with E-state index in [2.05, 4.69) is 10.6 Å². The number of hydrogen-bond donors (Lipinski definition) is 3. The van der Waals surface area contributed by atoms with Gasteiger partial charge in [-0.25, -0.2) is 0 Å². The number of fused-ring (bicyclic) bond motifs is 1. The summed E-state index contributed by atoms with van der Waals surface area (Å²) in [5.41, 5.74) is 9.66. The molecule has 1 aromatic heterocycles. The van der Waals surface area contributed by atoms with Gasteiger partial charge in [0.2, 0.25) is 5.91 Å². The number of carbonyl (C=O) groups is 1. The van der Waals surface area contributed by atoms with Gasteiger partial charge >= 0.3 is 0 Å². The van der Waals surface area contributed by atoms with Crippen LogP contribution in [0.25, 0.3) is 22.3 Å². The van der Waals surface area contributed by atoms with Gasteiger partial charge in [-0.2, -0.15) is 0 Å². The van der Waals surface area contributed by atoms with E-state index in [1.165, 1.54) is 6.07 Å². The van der Waals surface area contributed by atoms with Crippen molar-refractivity contribution < 1.29 is 37.6 Å². The van der Waals surface area contributed by atoms with Gasteiger partial charge in [0.1, 0.15) is 5.76 Å². The SMILES string of the molecule is CC.CNc1ccc(-c2cc(=O)c3ccc(NC(=O)CCOCCOCCOCCOCCOCCOCc4ccccc4)c(N)c3o2)cc1. The lowest BCUT2D eigenvalue weighted by molar-refractivity contribution is -0.117. The molecule has 1 heterocycles. The van der Waals surface area contributed by atoms with Crippen LogP contribution in [0, 0.1) is 0 Å². The summed E-state index contributed by atoms with van der Waals surface area (Å²) in [6, 6.07) is 22.1. The minimum Gasteiger partial charge on any atom is -0.454 e. The summed E-state index contributed by atoms with van der Waals surface area (Å²) in [4.78, 5) is 25.3. The summed E-state index contributed by atoms with van der Waals surface area (Å²) < 4.78 is 39.0. The standard InChI is InChI=1S/C36H45N3O9.C2H6/c1-38-29-9-7-28(8-10-29)33-25-32(40)30-11-12-31(35(37)36(30)48-33)39-34(41)13-14-42-15-16-43-17-18-44-19-20-45-21-22-46-23-24-47-26-27-5-3-2-4-6-27;1-2/h2-12,25,38H,13-24,26,37H2,1H3,(H,39,41);1-2H3. The molecule has 4 N–H and O–H groups in total. The van der Waals surface area contributed by atoms with E-state index in [1.807, 2.05) is 75.5 Å². The zero-order valence-corrected chi connectivity index (χ0v) is 29.4. The quantitative estimate of drug-likeness (QED) is 0.0644. The molecular weight excluding hydrogens is 642 g/mol. The van der Waals surface area contributed by atoms with Gasteiger partial charge in [-0.3, -0.25) is 9.59 Å². The number of ether oxygens (including phenoxy) is 6. The summed E-state index contributed by atoms with van der Waals surface area (Å²) >= 11 is 0. The Kier molecular flexibility index (Phi) is 19.2. The van der Waals surface area contributed by atoms with Crippen LogP contribution in [-0.2, 0) is 39.8 Å². The van der Waals surface area contributed by atoms with Gasteiger partial charge in [-0.15, -0.1) is 0 Å². The van der Waals surface area contributed by atoms with E-state index in [1.54, 1.807) is 12.1 Å². The third kappa shape index (κ3) is 14.3. The van der Waals surface area contributed by atoms with E-state index in [-0.39, 0.29) is 35.6 Å². The fourth-order valence-electron chi connectivity index (χ4n) is 4.53. The number of nitrogens with two attached hydrogens (primary N) is 1. The number of nitrogens with one attached hydrogen (secondary N) is 2. The van der Waals surface area contributed by atoms with Crippen molar-refractivity contribution in [2.75, 3.05) is 96.1 Å². The fourth-order valence-corrected chi connectivity index (χ4v) is 4.53. The van der Waals surface area contributed by atoms with Crippen molar-refractivity contribution in [2.24, 2.45) is 0 Å². The van der Waals surface area contributed by atoms with E-state index in [0.29, 0.717) is 89.5 Å². The minimum absolute atomic E-state index is 0.121. The lowest BCUT2D eigenvalue weighted by atomic mass is 10.1. The van der Waals surface area contributed by atoms with Gasteiger partial charge in [0.15, 0.2) is 11.0 Å². The molecule has 0 saturated heterocycles. The summed E-state index contributed by atoms with van der Waals surface area (Å²) in [5, 5.41) is 6.16. The first kappa shape index (κ1) is 40.1. The average Bonchev–Trinajstić information content (AvgIpc) is 3.15. The molecule has 50 heavy (non-hydrogen) atoms. The lowest BCUT2D eigenvalue weighted by Gasteiger charge is -2.11. The number of hydrogen-bond acceptors (Lipinski definition) is 11. The molecule has 0 bridgehead atoms. The first-order valence-corrected chi connectivity index (χ1v) is 17.0. The highest BCUT2D eigenvalue weighted by molar-refractivity contribution is 6.01. The Labute approximate surface area is 294 Å². The van der Waals surface area contributed by atoms with E-state index < -0.39 is 0 Å². The Hall–Kier alpha value is -4.30. The maximum absolute atomic E-state index is 12.7. The Morgan fingerprint density at radius 3 is 1.80 bits per heavy atom. The van der Waals surface area contributed by atoms with Gasteiger partial charge in [0.25, 0.3) is 0 Å². The summed E-state index contributed by atoms with van der Waals surface area (Å²) in [5.74, 6) is 0.105.